The molecule has 0 saturated carbocycles. The van der Waals surface area contributed by atoms with Gasteiger partial charge in [0.1, 0.15) is 0 Å². The van der Waals surface area contributed by atoms with Gasteiger partial charge in [0.2, 0.25) is 0 Å². The second-order valence-electron chi connectivity index (χ2n) is 4.72. The van der Waals surface area contributed by atoms with E-state index in [1.165, 1.54) is 27.7 Å². The minimum atomic E-state index is 0.716. The summed E-state index contributed by atoms with van der Waals surface area (Å²) in [6.07, 6.45) is 0. The van der Waals surface area contributed by atoms with Crippen molar-refractivity contribution in [1.29, 1.82) is 0 Å². The highest BCUT2D eigenvalue weighted by molar-refractivity contribution is 8.02. The molecule has 0 bridgehead atoms. The average Bonchev–Trinajstić information content (AvgIpc) is 2.35. The van der Waals surface area contributed by atoms with Crippen molar-refractivity contribution in [1.82, 2.24) is 5.32 Å². The molecule has 1 aromatic carbocycles. The van der Waals surface area contributed by atoms with Crippen molar-refractivity contribution in [3.8, 4) is 0 Å². The van der Waals surface area contributed by atoms with Crippen molar-refractivity contribution < 1.29 is 0 Å². The van der Waals surface area contributed by atoms with E-state index in [2.05, 4.69) is 50.4 Å². The minimum absolute atomic E-state index is 0.716. The number of hydrogen-bond donors (Lipinski definition) is 1. The van der Waals surface area contributed by atoms with Crippen molar-refractivity contribution in [2.45, 2.75) is 32.2 Å². The first kappa shape index (κ1) is 15.9. The van der Waals surface area contributed by atoms with Crippen LogP contribution < -0.4 is 5.32 Å². The zero-order valence-electron chi connectivity index (χ0n) is 11.7. The Morgan fingerprint density at radius 2 is 2.06 bits per heavy atom. The molecule has 0 fully saturated rings. The molecule has 1 rings (SSSR count). The minimum Gasteiger partial charge on any atom is -0.312 e. The van der Waals surface area contributed by atoms with Crippen molar-refractivity contribution in [2.24, 2.45) is 5.92 Å². The van der Waals surface area contributed by atoms with Crippen LogP contribution in [0.3, 0.4) is 0 Å². The second-order valence-corrected chi connectivity index (χ2v) is 7.28. The maximum absolute atomic E-state index is 3.49. The van der Waals surface area contributed by atoms with Gasteiger partial charge in [0, 0.05) is 22.9 Å². The van der Waals surface area contributed by atoms with Crippen LogP contribution in [0.25, 0.3) is 0 Å². The van der Waals surface area contributed by atoms with Crippen LogP contribution in [0.1, 0.15) is 26.3 Å². The van der Waals surface area contributed by atoms with Gasteiger partial charge in [-0.25, -0.2) is 0 Å². The third-order valence-corrected chi connectivity index (χ3v) is 4.64. The largest absolute Gasteiger partial charge is 0.312 e. The summed E-state index contributed by atoms with van der Waals surface area (Å²) in [6, 6.07) is 8.90. The lowest BCUT2D eigenvalue weighted by Crippen LogP contribution is -2.18. The smallest absolute Gasteiger partial charge is 0.0206 e. The average molecular weight is 284 g/mol. The predicted octanol–water partition coefficient (Wildman–Crippen LogP) is 4.28. The fourth-order valence-corrected chi connectivity index (χ4v) is 3.35. The highest BCUT2D eigenvalue weighted by atomic mass is 32.2. The van der Waals surface area contributed by atoms with Crippen LogP contribution in [-0.4, -0.2) is 23.8 Å². The molecule has 1 aromatic rings. The van der Waals surface area contributed by atoms with Gasteiger partial charge in [-0.05, 0) is 35.9 Å². The lowest BCUT2D eigenvalue weighted by molar-refractivity contribution is 0.552. The third-order valence-electron chi connectivity index (χ3n) is 2.48. The molecule has 18 heavy (non-hydrogen) atoms. The summed E-state index contributed by atoms with van der Waals surface area (Å²) in [4.78, 5) is 1.40. The predicted molar refractivity (Wildman–Crippen MR) is 86.7 cm³/mol. The maximum atomic E-state index is 3.49. The third kappa shape index (κ3) is 7.34. The molecule has 1 N–H and O–H groups in total. The lowest BCUT2D eigenvalue weighted by Gasteiger charge is -2.08. The van der Waals surface area contributed by atoms with Crippen LogP contribution in [0.4, 0.5) is 0 Å². The molecule has 0 unspecified atom stereocenters. The zero-order chi connectivity index (χ0) is 13.2. The Morgan fingerprint density at radius 3 is 2.78 bits per heavy atom. The van der Waals surface area contributed by atoms with Crippen molar-refractivity contribution in [3.05, 3.63) is 29.8 Å². The molecule has 0 spiro atoms. The van der Waals surface area contributed by atoms with E-state index in [1.807, 2.05) is 23.5 Å². The first-order valence-electron chi connectivity index (χ1n) is 6.72. The van der Waals surface area contributed by atoms with Gasteiger partial charge < -0.3 is 5.32 Å². The van der Waals surface area contributed by atoms with Gasteiger partial charge in [-0.15, -0.1) is 11.8 Å². The van der Waals surface area contributed by atoms with E-state index in [-0.39, 0.29) is 0 Å². The van der Waals surface area contributed by atoms with Crippen LogP contribution in [0.2, 0.25) is 0 Å². The molecule has 0 atom stereocenters. The van der Waals surface area contributed by atoms with Gasteiger partial charge in [-0.3, -0.25) is 0 Å². The Hall–Kier alpha value is -0.120. The second kappa shape index (κ2) is 9.76. The van der Waals surface area contributed by atoms with Crippen molar-refractivity contribution in [3.63, 3.8) is 0 Å². The van der Waals surface area contributed by atoms with E-state index in [4.69, 9.17) is 0 Å². The summed E-state index contributed by atoms with van der Waals surface area (Å²) in [5, 5.41) is 3.49. The monoisotopic (exact) mass is 283 g/mol. The summed E-state index contributed by atoms with van der Waals surface area (Å²) in [5.41, 5.74) is 1.39. The topological polar surface area (TPSA) is 12.0 Å². The Labute approximate surface area is 121 Å². The number of nitrogens with one attached hydrogen (secondary N) is 1. The Kier molecular flexibility index (Phi) is 8.64. The molecule has 0 aliphatic rings. The molecule has 0 saturated heterocycles. The summed E-state index contributed by atoms with van der Waals surface area (Å²) < 4.78 is 0. The first-order chi connectivity index (χ1) is 8.72. The molecule has 0 aromatic heterocycles. The van der Waals surface area contributed by atoms with Gasteiger partial charge in [-0.2, -0.15) is 11.8 Å². The molecule has 0 aliphatic carbocycles. The Balaban J connectivity index is 2.32. The summed E-state index contributed by atoms with van der Waals surface area (Å²) in [6.45, 7) is 8.77. The zero-order valence-corrected chi connectivity index (χ0v) is 13.4. The van der Waals surface area contributed by atoms with Crippen LogP contribution in [0.15, 0.2) is 29.2 Å². The number of thioether (sulfide) groups is 2. The fraction of sp³-hybridized carbons (Fsp3) is 0.600. The van der Waals surface area contributed by atoms with E-state index in [9.17, 15) is 0 Å². The fourth-order valence-electron chi connectivity index (χ4n) is 1.61. The van der Waals surface area contributed by atoms with Gasteiger partial charge in [-0.1, -0.05) is 32.9 Å². The summed E-state index contributed by atoms with van der Waals surface area (Å²) >= 11 is 3.98. The highest BCUT2D eigenvalue weighted by Crippen LogP contribution is 2.20. The van der Waals surface area contributed by atoms with Crippen LogP contribution in [0, 0.1) is 5.92 Å². The molecular formula is C15H25NS2. The summed E-state index contributed by atoms with van der Waals surface area (Å²) in [5.74, 6) is 4.39. The number of rotatable bonds is 9. The number of benzene rings is 1. The number of hydrogen-bond acceptors (Lipinski definition) is 3. The van der Waals surface area contributed by atoms with E-state index in [0.717, 1.165) is 13.1 Å². The normalized spacial score (nSPS) is 11.1. The molecule has 0 amide bonds. The summed E-state index contributed by atoms with van der Waals surface area (Å²) in [7, 11) is 0. The van der Waals surface area contributed by atoms with Gasteiger partial charge in [0.15, 0.2) is 0 Å². The van der Waals surface area contributed by atoms with Crippen molar-refractivity contribution >= 4 is 23.5 Å². The first-order valence-corrected chi connectivity index (χ1v) is 8.86. The lowest BCUT2D eigenvalue weighted by atomic mass is 10.2. The Morgan fingerprint density at radius 1 is 1.22 bits per heavy atom. The standard InChI is InChI=1S/C15H25NS2/c1-4-17-8-9-18-15-7-5-6-14(10-15)12-16-11-13(2)3/h5-7,10,13,16H,4,8-9,11-12H2,1-3H3. The van der Waals surface area contributed by atoms with Crippen LogP contribution in [-0.2, 0) is 6.54 Å². The molecule has 102 valence electrons. The molecule has 0 heterocycles. The van der Waals surface area contributed by atoms with E-state index >= 15 is 0 Å². The van der Waals surface area contributed by atoms with Gasteiger partial charge in [0.25, 0.3) is 0 Å². The highest BCUT2D eigenvalue weighted by Gasteiger charge is 1.98. The van der Waals surface area contributed by atoms with E-state index < -0.39 is 0 Å². The molecule has 0 radical (unpaired) electrons. The SMILES string of the molecule is CCSCCSc1cccc(CNCC(C)C)c1. The quantitative estimate of drug-likeness (QED) is 0.537. The van der Waals surface area contributed by atoms with E-state index in [1.54, 1.807) is 0 Å². The Bertz CT molecular complexity index is 326. The van der Waals surface area contributed by atoms with Crippen LogP contribution in [0.5, 0.6) is 0 Å². The molecule has 3 heteroatoms. The van der Waals surface area contributed by atoms with Crippen LogP contribution >= 0.6 is 23.5 Å². The van der Waals surface area contributed by atoms with Gasteiger partial charge in [0.05, 0.1) is 0 Å². The van der Waals surface area contributed by atoms with E-state index in [0.29, 0.717) is 5.92 Å². The maximum Gasteiger partial charge on any atom is 0.0206 e. The van der Waals surface area contributed by atoms with Gasteiger partial charge >= 0.3 is 0 Å². The molecular weight excluding hydrogens is 258 g/mol. The molecule has 0 aliphatic heterocycles. The van der Waals surface area contributed by atoms with Crippen molar-refractivity contribution in [2.75, 3.05) is 23.8 Å². The molecule has 1 nitrogen and oxygen atoms in total.